The van der Waals surface area contributed by atoms with E-state index < -0.39 is 0 Å². The summed E-state index contributed by atoms with van der Waals surface area (Å²) in [6, 6.07) is 0.707. The highest BCUT2D eigenvalue weighted by Gasteiger charge is 2.27. The minimum Gasteiger partial charge on any atom is -0.379 e. The van der Waals surface area contributed by atoms with Gasteiger partial charge in [-0.05, 0) is 52.5 Å². The van der Waals surface area contributed by atoms with Gasteiger partial charge in [0.2, 0.25) is 0 Å². The van der Waals surface area contributed by atoms with Gasteiger partial charge in [0.15, 0.2) is 0 Å². The van der Waals surface area contributed by atoms with Gasteiger partial charge in [-0.2, -0.15) is 0 Å². The quantitative estimate of drug-likeness (QED) is 0.710. The number of rotatable bonds is 6. The van der Waals surface area contributed by atoms with E-state index in [0.717, 1.165) is 12.3 Å². The van der Waals surface area contributed by atoms with Crippen LogP contribution >= 0.6 is 0 Å². The summed E-state index contributed by atoms with van der Waals surface area (Å²) < 4.78 is 5.44. The molecule has 0 saturated heterocycles. The van der Waals surface area contributed by atoms with E-state index in [-0.39, 0.29) is 5.60 Å². The third-order valence-corrected chi connectivity index (χ3v) is 3.70. The molecule has 84 valence electrons. The van der Waals surface area contributed by atoms with E-state index in [4.69, 9.17) is 4.74 Å². The highest BCUT2D eigenvalue weighted by atomic mass is 16.5. The summed E-state index contributed by atoms with van der Waals surface area (Å²) in [5.41, 5.74) is 0.0405. The second kappa shape index (κ2) is 5.13. The lowest BCUT2D eigenvalue weighted by molar-refractivity contribution is 0.00899. The molecule has 0 aliphatic heterocycles. The van der Waals surface area contributed by atoms with Gasteiger partial charge < -0.3 is 10.1 Å². The van der Waals surface area contributed by atoms with Gasteiger partial charge in [-0.25, -0.2) is 0 Å². The van der Waals surface area contributed by atoms with Crippen LogP contribution in [0.15, 0.2) is 0 Å². The third kappa shape index (κ3) is 3.25. The predicted molar refractivity (Wildman–Crippen MR) is 60.5 cm³/mol. The monoisotopic (exact) mass is 199 g/mol. The second-order valence-corrected chi connectivity index (χ2v) is 5.09. The maximum Gasteiger partial charge on any atom is 0.0623 e. The molecule has 0 amide bonds. The molecule has 1 aliphatic rings. The molecule has 0 spiro atoms. The van der Waals surface area contributed by atoms with Crippen molar-refractivity contribution in [2.45, 2.75) is 57.6 Å². The average molecular weight is 199 g/mol. The lowest BCUT2D eigenvalue weighted by Gasteiger charge is -2.35. The van der Waals surface area contributed by atoms with Crippen LogP contribution in [0.2, 0.25) is 0 Å². The van der Waals surface area contributed by atoms with Crippen LogP contribution in [0.3, 0.4) is 0 Å². The molecule has 0 aromatic carbocycles. The zero-order chi connectivity index (χ0) is 10.6. The van der Waals surface area contributed by atoms with E-state index in [9.17, 15) is 0 Å². The highest BCUT2D eigenvalue weighted by Crippen LogP contribution is 2.32. The molecule has 0 aromatic heterocycles. The zero-order valence-corrected chi connectivity index (χ0v) is 10.1. The molecule has 1 aliphatic carbocycles. The summed E-state index contributed by atoms with van der Waals surface area (Å²) in [6.45, 7) is 4.33. The van der Waals surface area contributed by atoms with E-state index in [1.54, 1.807) is 7.11 Å². The van der Waals surface area contributed by atoms with Crippen LogP contribution in [0.25, 0.3) is 0 Å². The molecule has 2 heteroatoms. The van der Waals surface area contributed by atoms with E-state index in [2.05, 4.69) is 26.2 Å². The Balaban J connectivity index is 2.26. The standard InChI is InChI=1S/C12H25NO/c1-12(2,14-4)9-8-11(13-3)10-6-5-7-10/h10-11,13H,5-9H2,1-4H3. The van der Waals surface area contributed by atoms with Crippen molar-refractivity contribution in [3.8, 4) is 0 Å². The lowest BCUT2D eigenvalue weighted by atomic mass is 9.77. The van der Waals surface area contributed by atoms with Crippen LogP contribution in [0, 0.1) is 5.92 Å². The van der Waals surface area contributed by atoms with Gasteiger partial charge >= 0.3 is 0 Å². The zero-order valence-electron chi connectivity index (χ0n) is 10.1. The van der Waals surface area contributed by atoms with Gasteiger partial charge in [-0.1, -0.05) is 6.42 Å². The van der Waals surface area contributed by atoms with Gasteiger partial charge in [-0.3, -0.25) is 0 Å². The van der Waals surface area contributed by atoms with E-state index in [1.165, 1.54) is 25.7 Å². The minimum atomic E-state index is 0.0405. The summed E-state index contributed by atoms with van der Waals surface area (Å²) in [5.74, 6) is 0.924. The van der Waals surface area contributed by atoms with Gasteiger partial charge in [0, 0.05) is 13.2 Å². The molecule has 0 aromatic rings. The van der Waals surface area contributed by atoms with Crippen LogP contribution in [-0.4, -0.2) is 25.8 Å². The molecule has 0 radical (unpaired) electrons. The van der Waals surface area contributed by atoms with Gasteiger partial charge in [-0.15, -0.1) is 0 Å². The summed E-state index contributed by atoms with van der Waals surface area (Å²) in [4.78, 5) is 0. The number of ether oxygens (including phenoxy) is 1. The van der Waals surface area contributed by atoms with Crippen molar-refractivity contribution in [1.82, 2.24) is 5.32 Å². The van der Waals surface area contributed by atoms with Crippen molar-refractivity contribution >= 4 is 0 Å². The summed E-state index contributed by atoms with van der Waals surface area (Å²) >= 11 is 0. The SMILES string of the molecule is CNC(CCC(C)(C)OC)C1CCC1. The molecule has 14 heavy (non-hydrogen) atoms. The Hall–Kier alpha value is -0.0800. The number of methoxy groups -OCH3 is 1. The Morgan fingerprint density at radius 3 is 2.43 bits per heavy atom. The maximum atomic E-state index is 5.44. The van der Waals surface area contributed by atoms with Crippen LogP contribution in [0.4, 0.5) is 0 Å². The van der Waals surface area contributed by atoms with Crippen molar-refractivity contribution < 1.29 is 4.74 Å². The van der Waals surface area contributed by atoms with Gasteiger partial charge in [0.05, 0.1) is 5.60 Å². The molecule has 1 N–H and O–H groups in total. The van der Waals surface area contributed by atoms with Crippen LogP contribution in [-0.2, 0) is 4.74 Å². The van der Waals surface area contributed by atoms with Crippen molar-refractivity contribution in [1.29, 1.82) is 0 Å². The smallest absolute Gasteiger partial charge is 0.0623 e. The van der Waals surface area contributed by atoms with E-state index in [1.807, 2.05) is 0 Å². The Labute approximate surface area is 88.4 Å². The Bertz CT molecular complexity index is 164. The fraction of sp³-hybridized carbons (Fsp3) is 1.00. The molecule has 1 saturated carbocycles. The van der Waals surface area contributed by atoms with Crippen molar-refractivity contribution in [3.63, 3.8) is 0 Å². The number of nitrogens with one attached hydrogen (secondary N) is 1. The van der Waals surface area contributed by atoms with E-state index in [0.29, 0.717) is 6.04 Å². The summed E-state index contributed by atoms with van der Waals surface area (Å²) in [5, 5.41) is 3.45. The topological polar surface area (TPSA) is 21.3 Å². The molecule has 1 atom stereocenters. The molecule has 1 rings (SSSR count). The lowest BCUT2D eigenvalue weighted by Crippen LogP contribution is -2.39. The first-order valence-electron chi connectivity index (χ1n) is 5.81. The van der Waals surface area contributed by atoms with Crippen LogP contribution in [0.1, 0.15) is 46.0 Å². The molecule has 2 nitrogen and oxygen atoms in total. The molecule has 0 heterocycles. The first-order chi connectivity index (χ1) is 6.59. The summed E-state index contributed by atoms with van der Waals surface area (Å²) in [6.07, 6.45) is 6.64. The highest BCUT2D eigenvalue weighted by molar-refractivity contribution is 4.83. The molecule has 0 bridgehead atoms. The number of hydrogen-bond acceptors (Lipinski definition) is 2. The first-order valence-corrected chi connectivity index (χ1v) is 5.81. The Morgan fingerprint density at radius 2 is 2.07 bits per heavy atom. The van der Waals surface area contributed by atoms with E-state index >= 15 is 0 Å². The van der Waals surface area contributed by atoms with Crippen molar-refractivity contribution in [3.05, 3.63) is 0 Å². The molecule has 1 fully saturated rings. The maximum absolute atomic E-state index is 5.44. The van der Waals surface area contributed by atoms with Gasteiger partial charge in [0.25, 0.3) is 0 Å². The van der Waals surface area contributed by atoms with Crippen molar-refractivity contribution in [2.75, 3.05) is 14.2 Å². The predicted octanol–water partition coefficient (Wildman–Crippen LogP) is 2.58. The van der Waals surface area contributed by atoms with Crippen LogP contribution in [0.5, 0.6) is 0 Å². The summed E-state index contributed by atoms with van der Waals surface area (Å²) in [7, 11) is 3.89. The molecule has 1 unspecified atom stereocenters. The second-order valence-electron chi connectivity index (χ2n) is 5.09. The Kier molecular flexibility index (Phi) is 4.39. The minimum absolute atomic E-state index is 0.0405. The fourth-order valence-electron chi connectivity index (χ4n) is 2.06. The van der Waals surface area contributed by atoms with Crippen LogP contribution < -0.4 is 5.32 Å². The molecular weight excluding hydrogens is 174 g/mol. The first kappa shape index (κ1) is 12.0. The molecular formula is C12H25NO. The Morgan fingerprint density at radius 1 is 1.43 bits per heavy atom. The largest absolute Gasteiger partial charge is 0.379 e. The average Bonchev–Trinajstić information content (AvgIpc) is 2.09. The van der Waals surface area contributed by atoms with Crippen molar-refractivity contribution in [2.24, 2.45) is 5.92 Å². The fourth-order valence-corrected chi connectivity index (χ4v) is 2.06. The third-order valence-electron chi connectivity index (χ3n) is 3.70. The normalized spacial score (nSPS) is 20.6. The number of hydrogen-bond donors (Lipinski definition) is 1. The van der Waals surface area contributed by atoms with Gasteiger partial charge in [0.1, 0.15) is 0 Å².